The van der Waals surface area contributed by atoms with Gasteiger partial charge >= 0.3 is 0 Å². The van der Waals surface area contributed by atoms with Crippen LogP contribution in [0.15, 0.2) is 0 Å². The maximum Gasteiger partial charge on any atom is 0.115 e. The molecule has 1 saturated carbocycles. The van der Waals surface area contributed by atoms with Crippen LogP contribution in [0, 0.1) is 6.92 Å². The standard InChI is InChI=1S/C17H29N3S/c1-6-15-13(5)21-16(18-15)17(19-11(2)3)9-12(4)20(10-17)14-7-8-14/h11-12,14,19H,6-10H2,1-5H3. The van der Waals surface area contributed by atoms with Crippen molar-refractivity contribution in [3.8, 4) is 0 Å². The van der Waals surface area contributed by atoms with Crippen molar-refractivity contribution in [3.05, 3.63) is 15.6 Å². The SMILES string of the molecule is CCc1nc(C2(NC(C)C)CC(C)N(C3CC3)C2)sc1C. The van der Waals surface area contributed by atoms with E-state index >= 15 is 0 Å². The van der Waals surface area contributed by atoms with Gasteiger partial charge in [0.15, 0.2) is 0 Å². The van der Waals surface area contributed by atoms with Gasteiger partial charge in [-0.1, -0.05) is 6.92 Å². The van der Waals surface area contributed by atoms with Crippen molar-refractivity contribution in [1.29, 1.82) is 0 Å². The maximum absolute atomic E-state index is 5.01. The number of nitrogens with one attached hydrogen (secondary N) is 1. The van der Waals surface area contributed by atoms with E-state index in [-0.39, 0.29) is 5.54 Å². The Bertz CT molecular complexity index is 506. The molecule has 1 aromatic heterocycles. The van der Waals surface area contributed by atoms with E-state index in [1.54, 1.807) is 0 Å². The van der Waals surface area contributed by atoms with Gasteiger partial charge in [0.1, 0.15) is 5.01 Å². The fraction of sp³-hybridized carbons (Fsp3) is 0.824. The molecule has 4 heteroatoms. The third kappa shape index (κ3) is 2.90. The number of rotatable bonds is 5. The lowest BCUT2D eigenvalue weighted by Gasteiger charge is -2.31. The van der Waals surface area contributed by atoms with Crippen molar-refractivity contribution in [2.24, 2.45) is 0 Å². The Morgan fingerprint density at radius 3 is 2.67 bits per heavy atom. The van der Waals surface area contributed by atoms with Crippen LogP contribution >= 0.6 is 11.3 Å². The molecule has 2 aliphatic rings. The van der Waals surface area contributed by atoms with E-state index in [1.165, 1.54) is 34.8 Å². The Balaban J connectivity index is 1.93. The van der Waals surface area contributed by atoms with Crippen LogP contribution in [-0.2, 0) is 12.0 Å². The lowest BCUT2D eigenvalue weighted by molar-refractivity contribution is 0.235. The van der Waals surface area contributed by atoms with Crippen LogP contribution in [0.25, 0.3) is 0 Å². The van der Waals surface area contributed by atoms with E-state index in [9.17, 15) is 0 Å². The quantitative estimate of drug-likeness (QED) is 0.903. The average Bonchev–Trinajstić information content (AvgIpc) is 3.09. The average molecular weight is 308 g/mol. The van der Waals surface area contributed by atoms with Crippen molar-refractivity contribution in [2.45, 2.75) is 84.0 Å². The first-order chi connectivity index (χ1) is 9.95. The topological polar surface area (TPSA) is 28.2 Å². The zero-order chi connectivity index (χ0) is 15.2. The fourth-order valence-electron chi connectivity index (χ4n) is 3.88. The maximum atomic E-state index is 5.01. The van der Waals surface area contributed by atoms with Crippen molar-refractivity contribution in [2.75, 3.05) is 6.54 Å². The summed E-state index contributed by atoms with van der Waals surface area (Å²) in [5, 5.41) is 5.21. The molecule has 0 amide bonds. The number of nitrogens with zero attached hydrogens (tertiary/aromatic N) is 2. The number of hydrogen-bond acceptors (Lipinski definition) is 4. The first kappa shape index (κ1) is 15.4. The number of aryl methyl sites for hydroxylation is 2. The summed E-state index contributed by atoms with van der Waals surface area (Å²) in [6.45, 7) is 12.5. The van der Waals surface area contributed by atoms with E-state index in [2.05, 4.69) is 44.8 Å². The van der Waals surface area contributed by atoms with Crippen LogP contribution in [0.4, 0.5) is 0 Å². The van der Waals surface area contributed by atoms with Gasteiger partial charge in [0, 0.05) is 29.5 Å². The third-order valence-electron chi connectivity index (χ3n) is 4.88. The molecule has 1 aromatic rings. The summed E-state index contributed by atoms with van der Waals surface area (Å²) < 4.78 is 0. The Hall–Kier alpha value is -0.450. The molecule has 0 radical (unpaired) electrons. The van der Waals surface area contributed by atoms with Gasteiger partial charge < -0.3 is 5.32 Å². The van der Waals surface area contributed by atoms with E-state index in [0.29, 0.717) is 12.1 Å². The molecular formula is C17H29N3S. The Labute approximate surface area is 133 Å². The number of aromatic nitrogens is 1. The van der Waals surface area contributed by atoms with Crippen molar-refractivity contribution in [3.63, 3.8) is 0 Å². The van der Waals surface area contributed by atoms with Crippen LogP contribution < -0.4 is 5.32 Å². The van der Waals surface area contributed by atoms with Crippen LogP contribution in [0.3, 0.4) is 0 Å². The summed E-state index contributed by atoms with van der Waals surface area (Å²) in [4.78, 5) is 9.13. The Morgan fingerprint density at radius 1 is 1.43 bits per heavy atom. The highest BCUT2D eigenvalue weighted by molar-refractivity contribution is 7.11. The Kier molecular flexibility index (Phi) is 4.15. The van der Waals surface area contributed by atoms with Gasteiger partial charge in [-0.2, -0.15) is 0 Å². The van der Waals surface area contributed by atoms with Gasteiger partial charge in [0.2, 0.25) is 0 Å². The highest BCUT2D eigenvalue weighted by atomic mass is 32.1. The molecule has 2 fully saturated rings. The summed E-state index contributed by atoms with van der Waals surface area (Å²) in [5.74, 6) is 0. The van der Waals surface area contributed by atoms with E-state index in [4.69, 9.17) is 4.98 Å². The van der Waals surface area contributed by atoms with Gasteiger partial charge in [0.25, 0.3) is 0 Å². The zero-order valence-electron chi connectivity index (χ0n) is 14.1. The number of likely N-dealkylation sites (tertiary alicyclic amines) is 1. The summed E-state index contributed by atoms with van der Waals surface area (Å²) in [7, 11) is 0. The molecular weight excluding hydrogens is 278 g/mol. The van der Waals surface area contributed by atoms with Gasteiger partial charge in [-0.25, -0.2) is 4.98 Å². The zero-order valence-corrected chi connectivity index (χ0v) is 14.9. The summed E-state index contributed by atoms with van der Waals surface area (Å²) in [6.07, 6.45) is 5.01. The van der Waals surface area contributed by atoms with Crippen molar-refractivity contribution in [1.82, 2.24) is 15.2 Å². The van der Waals surface area contributed by atoms with E-state index in [1.807, 2.05) is 11.3 Å². The third-order valence-corrected chi connectivity index (χ3v) is 6.10. The predicted octanol–water partition coefficient (Wildman–Crippen LogP) is 3.46. The minimum Gasteiger partial charge on any atom is -0.302 e. The second-order valence-electron chi connectivity index (χ2n) is 7.21. The molecule has 3 nitrogen and oxygen atoms in total. The minimum atomic E-state index is 0.0685. The molecule has 118 valence electrons. The number of hydrogen-bond donors (Lipinski definition) is 1. The molecule has 1 N–H and O–H groups in total. The molecule has 2 unspecified atom stereocenters. The second kappa shape index (κ2) is 5.64. The molecule has 2 heterocycles. The molecule has 21 heavy (non-hydrogen) atoms. The minimum absolute atomic E-state index is 0.0685. The first-order valence-corrected chi connectivity index (χ1v) is 9.27. The summed E-state index contributed by atoms with van der Waals surface area (Å²) in [6, 6.07) is 1.99. The molecule has 0 bridgehead atoms. The highest BCUT2D eigenvalue weighted by Gasteiger charge is 2.49. The van der Waals surface area contributed by atoms with Gasteiger partial charge in [0.05, 0.1) is 11.2 Å². The van der Waals surface area contributed by atoms with Gasteiger partial charge in [-0.15, -0.1) is 11.3 Å². The lowest BCUT2D eigenvalue weighted by Crippen LogP contribution is -2.48. The van der Waals surface area contributed by atoms with Crippen LogP contribution in [0.2, 0.25) is 0 Å². The van der Waals surface area contributed by atoms with Crippen LogP contribution in [0.5, 0.6) is 0 Å². The predicted molar refractivity (Wildman–Crippen MR) is 90.0 cm³/mol. The Morgan fingerprint density at radius 2 is 2.14 bits per heavy atom. The highest BCUT2D eigenvalue weighted by Crippen LogP contribution is 2.43. The summed E-state index contributed by atoms with van der Waals surface area (Å²) >= 11 is 1.91. The van der Waals surface area contributed by atoms with Crippen LogP contribution in [-0.4, -0.2) is 34.6 Å². The summed E-state index contributed by atoms with van der Waals surface area (Å²) in [5.41, 5.74) is 1.36. The van der Waals surface area contributed by atoms with Gasteiger partial charge in [-0.05, 0) is 53.4 Å². The molecule has 0 aromatic carbocycles. The fourth-order valence-corrected chi connectivity index (χ4v) is 5.04. The van der Waals surface area contributed by atoms with E-state index < -0.39 is 0 Å². The monoisotopic (exact) mass is 307 g/mol. The molecule has 0 spiro atoms. The van der Waals surface area contributed by atoms with Crippen LogP contribution in [0.1, 0.15) is 62.5 Å². The molecule has 1 aliphatic carbocycles. The molecule has 2 atom stereocenters. The van der Waals surface area contributed by atoms with Crippen molar-refractivity contribution < 1.29 is 0 Å². The second-order valence-corrected chi connectivity index (χ2v) is 8.42. The molecule has 1 saturated heterocycles. The number of thiazole rings is 1. The molecule has 1 aliphatic heterocycles. The largest absolute Gasteiger partial charge is 0.302 e. The smallest absolute Gasteiger partial charge is 0.115 e. The lowest BCUT2D eigenvalue weighted by atomic mass is 9.96. The first-order valence-electron chi connectivity index (χ1n) is 8.45. The van der Waals surface area contributed by atoms with Crippen molar-refractivity contribution >= 4 is 11.3 Å². The van der Waals surface area contributed by atoms with E-state index in [0.717, 1.165) is 19.0 Å². The molecule has 3 rings (SSSR count). The van der Waals surface area contributed by atoms with Gasteiger partial charge in [-0.3, -0.25) is 4.90 Å². The normalized spacial score (nSPS) is 30.5.